The van der Waals surface area contributed by atoms with Crippen molar-refractivity contribution in [3.8, 4) is 0 Å². The lowest BCUT2D eigenvalue weighted by Gasteiger charge is -2.25. The highest BCUT2D eigenvalue weighted by molar-refractivity contribution is 7.16. The van der Waals surface area contributed by atoms with E-state index < -0.39 is 0 Å². The van der Waals surface area contributed by atoms with Crippen LogP contribution in [0.25, 0.3) is 0 Å². The second-order valence-corrected chi connectivity index (χ2v) is 6.59. The number of thiophene rings is 1. The molecule has 0 bridgehead atoms. The van der Waals surface area contributed by atoms with E-state index in [0.717, 1.165) is 17.3 Å². The fourth-order valence-electron chi connectivity index (χ4n) is 2.56. The Hall–Kier alpha value is -0.830. The zero-order valence-electron chi connectivity index (χ0n) is 10.2. The first-order valence-corrected chi connectivity index (χ1v) is 7.55. The van der Waals surface area contributed by atoms with Crippen LogP contribution in [0.5, 0.6) is 0 Å². The second kappa shape index (κ2) is 5.43. The number of rotatable bonds is 3. The molecule has 0 spiro atoms. The van der Waals surface area contributed by atoms with Crippen molar-refractivity contribution < 1.29 is 0 Å². The number of hydrogen-bond donors (Lipinski definition) is 1. The maximum Gasteiger partial charge on any atom is 0.0931 e. The molecular formula is C15H16ClNS. The van der Waals surface area contributed by atoms with Crippen molar-refractivity contribution in [3.63, 3.8) is 0 Å². The molecule has 1 nitrogen and oxygen atoms in total. The van der Waals surface area contributed by atoms with E-state index in [-0.39, 0.29) is 0 Å². The fraction of sp³-hybridized carbons (Fsp3) is 0.333. The third kappa shape index (κ3) is 2.77. The minimum atomic E-state index is 0.598. The normalized spacial score (nSPS) is 18.6. The van der Waals surface area contributed by atoms with Crippen molar-refractivity contribution >= 4 is 22.9 Å². The van der Waals surface area contributed by atoms with Gasteiger partial charge in [-0.25, -0.2) is 0 Å². The Kier molecular flexibility index (Phi) is 3.69. The molecule has 0 radical (unpaired) electrons. The summed E-state index contributed by atoms with van der Waals surface area (Å²) in [5.74, 6) is 0. The van der Waals surface area contributed by atoms with E-state index in [1.54, 1.807) is 11.3 Å². The Morgan fingerprint density at radius 3 is 2.78 bits per heavy atom. The lowest BCUT2D eigenvalue weighted by atomic mass is 9.88. The highest BCUT2D eigenvalue weighted by Crippen LogP contribution is 2.23. The molecule has 0 fully saturated rings. The van der Waals surface area contributed by atoms with E-state index in [0.29, 0.717) is 6.04 Å². The predicted molar refractivity (Wildman–Crippen MR) is 78.4 cm³/mol. The van der Waals surface area contributed by atoms with Crippen LogP contribution < -0.4 is 5.32 Å². The van der Waals surface area contributed by atoms with E-state index in [2.05, 4.69) is 35.6 Å². The summed E-state index contributed by atoms with van der Waals surface area (Å²) in [6, 6.07) is 13.5. The predicted octanol–water partition coefficient (Wildman–Crippen LogP) is 4.05. The van der Waals surface area contributed by atoms with Gasteiger partial charge in [-0.2, -0.15) is 0 Å². The third-order valence-corrected chi connectivity index (χ3v) is 4.77. The van der Waals surface area contributed by atoms with Gasteiger partial charge < -0.3 is 5.32 Å². The van der Waals surface area contributed by atoms with E-state index >= 15 is 0 Å². The Labute approximate surface area is 117 Å². The van der Waals surface area contributed by atoms with Crippen LogP contribution in [0.4, 0.5) is 0 Å². The molecule has 1 atom stereocenters. The van der Waals surface area contributed by atoms with Gasteiger partial charge in [0.15, 0.2) is 0 Å². The van der Waals surface area contributed by atoms with Gasteiger partial charge in [0.05, 0.1) is 4.34 Å². The van der Waals surface area contributed by atoms with Gasteiger partial charge in [-0.1, -0.05) is 35.9 Å². The van der Waals surface area contributed by atoms with Crippen molar-refractivity contribution in [1.82, 2.24) is 5.32 Å². The van der Waals surface area contributed by atoms with Crippen molar-refractivity contribution in [3.05, 3.63) is 56.7 Å². The molecular weight excluding hydrogens is 262 g/mol. The van der Waals surface area contributed by atoms with Gasteiger partial charge in [-0.3, -0.25) is 0 Å². The molecule has 2 aromatic rings. The highest BCUT2D eigenvalue weighted by Gasteiger charge is 2.17. The summed E-state index contributed by atoms with van der Waals surface area (Å²) in [5.41, 5.74) is 3.03. The van der Waals surface area contributed by atoms with E-state index in [4.69, 9.17) is 11.6 Å². The van der Waals surface area contributed by atoms with Gasteiger partial charge in [-0.05, 0) is 42.5 Å². The Balaban J connectivity index is 1.59. The van der Waals surface area contributed by atoms with Crippen molar-refractivity contribution in [2.24, 2.45) is 0 Å². The number of hydrogen-bond acceptors (Lipinski definition) is 2. The van der Waals surface area contributed by atoms with Crippen molar-refractivity contribution in [1.29, 1.82) is 0 Å². The molecule has 3 rings (SSSR count). The van der Waals surface area contributed by atoms with Crippen molar-refractivity contribution in [2.45, 2.75) is 31.8 Å². The lowest BCUT2D eigenvalue weighted by Crippen LogP contribution is -2.33. The summed E-state index contributed by atoms with van der Waals surface area (Å²) in [5, 5.41) is 3.64. The van der Waals surface area contributed by atoms with Crippen LogP contribution in [0.1, 0.15) is 22.4 Å². The number of benzene rings is 1. The highest BCUT2D eigenvalue weighted by atomic mass is 35.5. The monoisotopic (exact) mass is 277 g/mol. The summed E-state index contributed by atoms with van der Waals surface area (Å²) in [7, 11) is 0. The minimum Gasteiger partial charge on any atom is -0.309 e. The molecule has 1 N–H and O–H groups in total. The summed E-state index contributed by atoms with van der Waals surface area (Å²) < 4.78 is 0.876. The molecule has 0 saturated heterocycles. The first-order valence-electron chi connectivity index (χ1n) is 6.35. The molecule has 1 unspecified atom stereocenters. The van der Waals surface area contributed by atoms with Crippen LogP contribution in [-0.2, 0) is 19.4 Å². The number of nitrogens with one attached hydrogen (secondary N) is 1. The Bertz CT molecular complexity index is 535. The van der Waals surface area contributed by atoms with E-state index in [1.165, 1.54) is 28.8 Å². The molecule has 0 aliphatic heterocycles. The Morgan fingerprint density at radius 2 is 2.00 bits per heavy atom. The Morgan fingerprint density at radius 1 is 1.17 bits per heavy atom. The molecule has 1 aliphatic carbocycles. The fourth-order valence-corrected chi connectivity index (χ4v) is 3.60. The standard InChI is InChI=1S/C15H16ClNS/c16-15-8-7-14(18-15)10-17-13-6-5-11-3-1-2-4-12(11)9-13/h1-4,7-8,13,17H,5-6,9-10H2. The third-order valence-electron chi connectivity index (χ3n) is 3.54. The van der Waals surface area contributed by atoms with Crippen LogP contribution in [-0.4, -0.2) is 6.04 Å². The van der Waals surface area contributed by atoms with E-state index in [1.807, 2.05) is 6.07 Å². The molecule has 1 aliphatic rings. The molecule has 0 saturated carbocycles. The number of halogens is 1. The maximum atomic E-state index is 5.94. The molecule has 18 heavy (non-hydrogen) atoms. The van der Waals surface area contributed by atoms with Gasteiger partial charge in [0, 0.05) is 17.5 Å². The minimum absolute atomic E-state index is 0.598. The first-order chi connectivity index (χ1) is 8.81. The van der Waals surface area contributed by atoms with Gasteiger partial charge in [0.25, 0.3) is 0 Å². The average Bonchev–Trinajstić information content (AvgIpc) is 2.82. The molecule has 1 heterocycles. The molecule has 0 amide bonds. The smallest absolute Gasteiger partial charge is 0.0931 e. The van der Waals surface area contributed by atoms with Crippen LogP contribution in [0.15, 0.2) is 36.4 Å². The topological polar surface area (TPSA) is 12.0 Å². The zero-order valence-corrected chi connectivity index (χ0v) is 11.7. The van der Waals surface area contributed by atoms with Crippen molar-refractivity contribution in [2.75, 3.05) is 0 Å². The first kappa shape index (κ1) is 12.2. The lowest BCUT2D eigenvalue weighted by molar-refractivity contribution is 0.459. The van der Waals surface area contributed by atoms with Crippen LogP contribution >= 0.6 is 22.9 Å². The largest absolute Gasteiger partial charge is 0.309 e. The zero-order chi connectivity index (χ0) is 12.4. The molecule has 1 aromatic carbocycles. The van der Waals surface area contributed by atoms with Gasteiger partial charge in [0.1, 0.15) is 0 Å². The summed E-state index contributed by atoms with van der Waals surface area (Å²) >= 11 is 7.60. The van der Waals surface area contributed by atoms with Crippen LogP contribution in [0.2, 0.25) is 4.34 Å². The summed E-state index contributed by atoms with van der Waals surface area (Å²) in [4.78, 5) is 1.32. The van der Waals surface area contributed by atoms with Gasteiger partial charge >= 0.3 is 0 Å². The average molecular weight is 278 g/mol. The molecule has 3 heteroatoms. The summed E-state index contributed by atoms with van der Waals surface area (Å²) in [6.07, 6.45) is 3.57. The second-order valence-electron chi connectivity index (χ2n) is 4.80. The quantitative estimate of drug-likeness (QED) is 0.893. The number of fused-ring (bicyclic) bond motifs is 1. The van der Waals surface area contributed by atoms with Gasteiger partial charge in [-0.15, -0.1) is 11.3 Å². The molecule has 1 aromatic heterocycles. The van der Waals surface area contributed by atoms with Crippen LogP contribution in [0, 0.1) is 0 Å². The van der Waals surface area contributed by atoms with Gasteiger partial charge in [0.2, 0.25) is 0 Å². The number of aryl methyl sites for hydroxylation is 1. The van der Waals surface area contributed by atoms with E-state index in [9.17, 15) is 0 Å². The summed E-state index contributed by atoms with van der Waals surface area (Å²) in [6.45, 7) is 0.935. The maximum absolute atomic E-state index is 5.94. The van der Waals surface area contributed by atoms with Crippen LogP contribution in [0.3, 0.4) is 0 Å². The molecule has 94 valence electrons. The SMILES string of the molecule is Clc1ccc(CNC2CCc3ccccc3C2)s1.